The Labute approximate surface area is 162 Å². The largest absolute Gasteiger partial charge is 0.466 e. The van der Waals surface area contributed by atoms with E-state index in [2.05, 4.69) is 10.2 Å². The molecule has 4 rings (SSSR count). The molecular formula is C20H23N5O3. The molecule has 28 heavy (non-hydrogen) atoms. The van der Waals surface area contributed by atoms with Gasteiger partial charge in [0.1, 0.15) is 11.5 Å². The van der Waals surface area contributed by atoms with E-state index in [1.54, 1.807) is 28.6 Å². The molecule has 4 heterocycles. The first-order chi connectivity index (χ1) is 13.3. The number of hydrogen-bond acceptors (Lipinski definition) is 5. The van der Waals surface area contributed by atoms with Crippen LogP contribution in [-0.2, 0) is 6.54 Å². The van der Waals surface area contributed by atoms with E-state index in [1.165, 1.54) is 10.7 Å². The van der Waals surface area contributed by atoms with Crippen LogP contribution in [0.3, 0.4) is 0 Å². The zero-order valence-electron chi connectivity index (χ0n) is 16.5. The van der Waals surface area contributed by atoms with Crippen LogP contribution in [0.1, 0.15) is 33.3 Å². The first-order valence-electron chi connectivity index (χ1n) is 9.30. The molecule has 1 saturated heterocycles. The molecule has 0 spiro atoms. The fraction of sp³-hybridized carbons (Fsp3) is 0.400. The van der Waals surface area contributed by atoms with Gasteiger partial charge in [0, 0.05) is 30.8 Å². The number of likely N-dealkylation sites (tertiary alicyclic amines) is 1. The minimum absolute atomic E-state index is 0.0257. The number of amides is 1. The Bertz CT molecular complexity index is 1100. The smallest absolute Gasteiger partial charge is 0.266 e. The molecule has 1 aliphatic rings. The van der Waals surface area contributed by atoms with Gasteiger partial charge in [0.15, 0.2) is 5.82 Å². The minimum atomic E-state index is -0.156. The second-order valence-corrected chi connectivity index (χ2v) is 7.45. The van der Waals surface area contributed by atoms with E-state index in [1.807, 2.05) is 26.8 Å². The summed E-state index contributed by atoms with van der Waals surface area (Å²) < 4.78 is 8.64. The van der Waals surface area contributed by atoms with Crippen molar-refractivity contribution in [3.8, 4) is 5.82 Å². The zero-order valence-corrected chi connectivity index (χ0v) is 16.5. The third kappa shape index (κ3) is 3.26. The maximum Gasteiger partial charge on any atom is 0.266 e. The van der Waals surface area contributed by atoms with Crippen molar-refractivity contribution in [1.82, 2.24) is 24.5 Å². The summed E-state index contributed by atoms with van der Waals surface area (Å²) in [6.45, 7) is 9.16. The molecule has 0 aliphatic carbocycles. The summed E-state index contributed by atoms with van der Waals surface area (Å²) in [5, 5.41) is 8.89. The first-order valence-corrected chi connectivity index (χ1v) is 9.30. The second kappa shape index (κ2) is 6.78. The van der Waals surface area contributed by atoms with Crippen LogP contribution >= 0.6 is 0 Å². The fourth-order valence-corrected chi connectivity index (χ4v) is 3.65. The highest BCUT2D eigenvalue weighted by molar-refractivity contribution is 5.95. The van der Waals surface area contributed by atoms with Crippen LogP contribution in [0.25, 0.3) is 5.82 Å². The summed E-state index contributed by atoms with van der Waals surface area (Å²) in [4.78, 5) is 26.6. The monoisotopic (exact) mass is 381 g/mol. The Kier molecular flexibility index (Phi) is 4.41. The van der Waals surface area contributed by atoms with Crippen LogP contribution in [0, 0.1) is 33.6 Å². The predicted molar refractivity (Wildman–Crippen MR) is 103 cm³/mol. The van der Waals surface area contributed by atoms with Crippen molar-refractivity contribution in [1.29, 1.82) is 0 Å². The summed E-state index contributed by atoms with van der Waals surface area (Å²) in [7, 11) is 0. The molecular weight excluding hydrogens is 358 g/mol. The van der Waals surface area contributed by atoms with Gasteiger partial charge in [-0.05, 0) is 45.9 Å². The van der Waals surface area contributed by atoms with Crippen LogP contribution < -0.4 is 5.56 Å². The number of hydrogen-bond donors (Lipinski definition) is 0. The van der Waals surface area contributed by atoms with Gasteiger partial charge in [-0.1, -0.05) is 0 Å². The lowest BCUT2D eigenvalue weighted by molar-refractivity contribution is 0.0456. The normalized spacial score (nSPS) is 14.4. The van der Waals surface area contributed by atoms with Crippen LogP contribution in [0.5, 0.6) is 0 Å². The molecule has 0 aromatic carbocycles. The minimum Gasteiger partial charge on any atom is -0.466 e. The second-order valence-electron chi connectivity index (χ2n) is 7.45. The molecule has 3 aromatic rings. The summed E-state index contributed by atoms with van der Waals surface area (Å²) in [5.74, 6) is 2.15. The third-order valence-electron chi connectivity index (χ3n) is 5.03. The molecule has 8 heteroatoms. The zero-order chi connectivity index (χ0) is 20.0. The average molecular weight is 381 g/mol. The summed E-state index contributed by atoms with van der Waals surface area (Å²) in [5.41, 5.74) is 2.31. The molecule has 0 saturated carbocycles. The number of nitrogens with zero attached hydrogens (tertiary/aromatic N) is 5. The summed E-state index contributed by atoms with van der Waals surface area (Å²) in [6.07, 6.45) is 0. The lowest BCUT2D eigenvalue weighted by atomic mass is 9.99. The molecule has 1 fully saturated rings. The van der Waals surface area contributed by atoms with Crippen LogP contribution in [0.15, 0.2) is 33.5 Å². The van der Waals surface area contributed by atoms with Crippen molar-refractivity contribution in [2.24, 2.45) is 5.92 Å². The van der Waals surface area contributed by atoms with Crippen molar-refractivity contribution < 1.29 is 9.21 Å². The third-order valence-corrected chi connectivity index (χ3v) is 5.03. The van der Waals surface area contributed by atoms with Gasteiger partial charge in [-0.3, -0.25) is 9.59 Å². The molecule has 1 aliphatic heterocycles. The van der Waals surface area contributed by atoms with Crippen molar-refractivity contribution in [2.45, 2.75) is 34.2 Å². The Morgan fingerprint density at radius 3 is 2.50 bits per heavy atom. The Morgan fingerprint density at radius 2 is 1.89 bits per heavy atom. The predicted octanol–water partition coefficient (Wildman–Crippen LogP) is 2.03. The molecule has 1 amide bonds. The van der Waals surface area contributed by atoms with E-state index in [0.29, 0.717) is 36.8 Å². The maximum absolute atomic E-state index is 12.6. The van der Waals surface area contributed by atoms with Crippen molar-refractivity contribution in [2.75, 3.05) is 13.1 Å². The number of carbonyl (C=O) groups is 1. The molecule has 0 unspecified atom stereocenters. The Morgan fingerprint density at radius 1 is 1.14 bits per heavy atom. The van der Waals surface area contributed by atoms with Crippen molar-refractivity contribution in [3.05, 3.63) is 63.1 Å². The van der Waals surface area contributed by atoms with E-state index >= 15 is 0 Å². The Balaban J connectivity index is 1.45. The van der Waals surface area contributed by atoms with Gasteiger partial charge in [0.25, 0.3) is 11.5 Å². The van der Waals surface area contributed by atoms with Crippen molar-refractivity contribution in [3.63, 3.8) is 0 Å². The fourth-order valence-electron chi connectivity index (χ4n) is 3.65. The molecule has 146 valence electrons. The average Bonchev–Trinajstić information content (AvgIpc) is 3.12. The lowest BCUT2D eigenvalue weighted by Crippen LogP contribution is -2.52. The number of aryl methyl sites for hydroxylation is 4. The van der Waals surface area contributed by atoms with Gasteiger partial charge in [-0.15, -0.1) is 5.10 Å². The number of rotatable bonds is 4. The maximum atomic E-state index is 12.6. The number of furan rings is 1. The van der Waals surface area contributed by atoms with Crippen LogP contribution in [-0.4, -0.2) is 43.5 Å². The van der Waals surface area contributed by atoms with Gasteiger partial charge in [0.2, 0.25) is 0 Å². The highest BCUT2D eigenvalue weighted by atomic mass is 16.3. The van der Waals surface area contributed by atoms with Gasteiger partial charge < -0.3 is 9.32 Å². The van der Waals surface area contributed by atoms with Crippen LogP contribution in [0.2, 0.25) is 0 Å². The summed E-state index contributed by atoms with van der Waals surface area (Å²) >= 11 is 0. The quantitative estimate of drug-likeness (QED) is 0.690. The van der Waals surface area contributed by atoms with E-state index in [-0.39, 0.29) is 17.4 Å². The molecule has 0 bridgehead atoms. The van der Waals surface area contributed by atoms with Gasteiger partial charge in [-0.25, -0.2) is 9.36 Å². The molecule has 0 atom stereocenters. The molecule has 8 nitrogen and oxygen atoms in total. The summed E-state index contributed by atoms with van der Waals surface area (Å²) in [6, 6.07) is 6.93. The topological polar surface area (TPSA) is 86.2 Å². The van der Waals surface area contributed by atoms with Crippen molar-refractivity contribution >= 4 is 5.91 Å². The van der Waals surface area contributed by atoms with E-state index in [9.17, 15) is 9.59 Å². The number of carbonyl (C=O) groups excluding carboxylic acids is 1. The SMILES string of the molecule is Cc1cc(C)n(-c2ccc(=O)n(CC3CN(C(=O)c4cc(C)oc4C)C3)n2)n1. The lowest BCUT2D eigenvalue weighted by Gasteiger charge is -2.39. The first kappa shape index (κ1) is 18.2. The van der Waals surface area contributed by atoms with Crippen LogP contribution in [0.4, 0.5) is 0 Å². The van der Waals surface area contributed by atoms with Gasteiger partial charge in [0.05, 0.1) is 17.8 Å². The van der Waals surface area contributed by atoms with E-state index < -0.39 is 0 Å². The standard InChI is InChI=1S/C20H23N5O3/c1-12-7-13(2)25(21-12)18-5-6-19(26)24(22-18)11-16-9-23(10-16)20(27)17-8-14(3)28-15(17)4/h5-8,16H,9-11H2,1-4H3. The van der Waals surface area contributed by atoms with Gasteiger partial charge >= 0.3 is 0 Å². The highest BCUT2D eigenvalue weighted by Crippen LogP contribution is 2.23. The molecule has 0 N–H and O–H groups in total. The van der Waals surface area contributed by atoms with E-state index in [4.69, 9.17) is 4.42 Å². The van der Waals surface area contributed by atoms with E-state index in [0.717, 1.165) is 17.1 Å². The highest BCUT2D eigenvalue weighted by Gasteiger charge is 2.33. The molecule has 0 radical (unpaired) electrons. The molecule has 3 aromatic heterocycles. The Hall–Kier alpha value is -3.16. The van der Waals surface area contributed by atoms with Gasteiger partial charge in [-0.2, -0.15) is 5.10 Å². The number of aromatic nitrogens is 4.